The summed E-state index contributed by atoms with van der Waals surface area (Å²) in [5.41, 5.74) is 0.00810. The molecule has 1 rings (SSSR count). The number of hydrogen-bond donors (Lipinski definition) is 0. The highest BCUT2D eigenvalue weighted by Crippen LogP contribution is 2.14. The summed E-state index contributed by atoms with van der Waals surface area (Å²) in [6.45, 7) is 0.855. The number of hydrogen-bond acceptors (Lipinski definition) is 1. The normalized spacial score (nSPS) is 28.9. The largest absolute Gasteiger partial charge is 0.362 e. The van der Waals surface area contributed by atoms with Gasteiger partial charge in [-0.25, -0.2) is 0 Å². The van der Waals surface area contributed by atoms with Crippen LogP contribution >= 0.6 is 11.6 Å². The van der Waals surface area contributed by atoms with Gasteiger partial charge in [0.05, 0.1) is 0 Å². The molecule has 0 radical (unpaired) electrons. The van der Waals surface area contributed by atoms with Gasteiger partial charge in [-0.15, -0.1) is 0 Å². The second-order valence-corrected chi connectivity index (χ2v) is 2.26. The fourth-order valence-electron chi connectivity index (χ4n) is 0.701. The third-order valence-electron chi connectivity index (χ3n) is 1.12. The van der Waals surface area contributed by atoms with Crippen LogP contribution in [0.2, 0.25) is 0 Å². The molecule has 1 nitrogen and oxygen atoms in total. The third kappa shape index (κ3) is 3.12. The van der Waals surface area contributed by atoms with Crippen LogP contribution in [0.5, 0.6) is 0 Å². The van der Waals surface area contributed by atoms with E-state index in [1.807, 2.05) is 0 Å². The van der Waals surface area contributed by atoms with Gasteiger partial charge >= 0.3 is 23.1 Å². The average molecular weight is 147 g/mol. The van der Waals surface area contributed by atoms with Crippen molar-refractivity contribution in [3.63, 3.8) is 0 Å². The molecule has 1 aliphatic heterocycles. The smallest absolute Gasteiger partial charge is 0.316 e. The van der Waals surface area contributed by atoms with Crippen molar-refractivity contribution >= 4 is 34.7 Å². The van der Waals surface area contributed by atoms with Crippen LogP contribution in [0.25, 0.3) is 0 Å². The van der Waals surface area contributed by atoms with Gasteiger partial charge in [0.2, 0.25) is 0 Å². The molecule has 0 aromatic rings. The summed E-state index contributed by atoms with van der Waals surface area (Å²) in [4.78, 5) is 0. The van der Waals surface area contributed by atoms with Crippen LogP contribution in [0.1, 0.15) is 19.3 Å². The molecule has 0 aromatic heterocycles. The average Bonchev–Trinajstić information content (AvgIpc) is 1.69. The molecule has 0 amide bonds. The van der Waals surface area contributed by atoms with E-state index in [-0.39, 0.29) is 28.6 Å². The summed E-state index contributed by atoms with van der Waals surface area (Å²) in [5.74, 6) is 0. The molecule has 0 N–H and O–H groups in total. The Bertz CT molecular complexity index is 54.4. The second kappa shape index (κ2) is 4.85. The number of halogens is 1. The molecular formula is C5H11ClMgO. The van der Waals surface area contributed by atoms with Crippen LogP contribution in [0.15, 0.2) is 0 Å². The SMILES string of the molecule is ClC1CCCCO1.[MgH2]. The van der Waals surface area contributed by atoms with Gasteiger partial charge in [-0.05, 0) is 19.3 Å². The predicted molar refractivity (Wildman–Crippen MR) is 38.0 cm³/mol. The molecular weight excluding hydrogens is 136 g/mol. The van der Waals surface area contributed by atoms with Crippen molar-refractivity contribution < 1.29 is 4.74 Å². The first kappa shape index (κ1) is 9.02. The molecule has 0 spiro atoms. The maximum absolute atomic E-state index is 5.59. The monoisotopic (exact) mass is 146 g/mol. The first-order chi connectivity index (χ1) is 3.39. The molecule has 0 aliphatic carbocycles. The Kier molecular flexibility index (Phi) is 5.47. The summed E-state index contributed by atoms with van der Waals surface area (Å²) < 4.78 is 5.04. The van der Waals surface area contributed by atoms with Crippen LogP contribution in [0, 0.1) is 0 Å². The number of rotatable bonds is 0. The van der Waals surface area contributed by atoms with Crippen molar-refractivity contribution in [2.45, 2.75) is 24.8 Å². The summed E-state index contributed by atoms with van der Waals surface area (Å²) in [6, 6.07) is 0. The molecule has 1 fully saturated rings. The second-order valence-electron chi connectivity index (χ2n) is 1.78. The lowest BCUT2D eigenvalue weighted by Crippen LogP contribution is -2.11. The lowest BCUT2D eigenvalue weighted by molar-refractivity contribution is 0.0680. The highest BCUT2D eigenvalue weighted by Gasteiger charge is 2.08. The third-order valence-corrected chi connectivity index (χ3v) is 1.47. The van der Waals surface area contributed by atoms with Crippen LogP contribution in [0.4, 0.5) is 0 Å². The number of alkyl halides is 1. The Morgan fingerprint density at radius 3 is 2.38 bits per heavy atom. The topological polar surface area (TPSA) is 9.23 Å². The van der Waals surface area contributed by atoms with E-state index in [1.165, 1.54) is 12.8 Å². The van der Waals surface area contributed by atoms with Gasteiger partial charge < -0.3 is 4.74 Å². The lowest BCUT2D eigenvalue weighted by Gasteiger charge is -2.15. The van der Waals surface area contributed by atoms with E-state index >= 15 is 0 Å². The lowest BCUT2D eigenvalue weighted by atomic mass is 10.2. The highest BCUT2D eigenvalue weighted by atomic mass is 35.5. The first-order valence-corrected chi connectivity index (χ1v) is 3.09. The Morgan fingerprint density at radius 2 is 2.12 bits per heavy atom. The fourth-order valence-corrected chi connectivity index (χ4v) is 0.945. The van der Waals surface area contributed by atoms with Crippen molar-refractivity contribution in [2.24, 2.45) is 0 Å². The van der Waals surface area contributed by atoms with Crippen LogP contribution in [-0.4, -0.2) is 35.2 Å². The molecule has 0 saturated carbocycles. The van der Waals surface area contributed by atoms with Gasteiger partial charge in [0.25, 0.3) is 0 Å². The van der Waals surface area contributed by atoms with E-state index < -0.39 is 0 Å². The van der Waals surface area contributed by atoms with E-state index in [0.717, 1.165) is 13.0 Å². The molecule has 1 heterocycles. The summed E-state index contributed by atoms with van der Waals surface area (Å²) in [5, 5.41) is 0. The van der Waals surface area contributed by atoms with Gasteiger partial charge in [-0.1, -0.05) is 11.6 Å². The zero-order valence-electron chi connectivity index (χ0n) is 4.19. The quantitative estimate of drug-likeness (QED) is 0.364. The van der Waals surface area contributed by atoms with Crippen LogP contribution < -0.4 is 0 Å². The Hall–Kier alpha value is 1.02. The molecule has 0 bridgehead atoms. The Labute approximate surface area is 70.9 Å². The van der Waals surface area contributed by atoms with Gasteiger partial charge in [0.1, 0.15) is 5.56 Å². The summed E-state index contributed by atoms with van der Waals surface area (Å²) in [6.07, 6.45) is 3.44. The van der Waals surface area contributed by atoms with Crippen molar-refractivity contribution in [1.29, 1.82) is 0 Å². The molecule has 1 saturated heterocycles. The van der Waals surface area contributed by atoms with Crippen LogP contribution in [-0.2, 0) is 4.74 Å². The van der Waals surface area contributed by atoms with Crippen molar-refractivity contribution in [2.75, 3.05) is 6.61 Å². The molecule has 1 aliphatic rings. The van der Waals surface area contributed by atoms with Gasteiger partial charge in [-0.2, -0.15) is 0 Å². The Balaban J connectivity index is 0.000000490. The van der Waals surface area contributed by atoms with E-state index in [9.17, 15) is 0 Å². The zero-order chi connectivity index (χ0) is 5.11. The van der Waals surface area contributed by atoms with Crippen molar-refractivity contribution in [3.8, 4) is 0 Å². The minimum atomic E-state index is 0. The van der Waals surface area contributed by atoms with Crippen molar-refractivity contribution in [1.82, 2.24) is 0 Å². The standard InChI is InChI=1S/C5H9ClO.Mg.2H/c6-5-3-1-2-4-7-5;;;/h5H,1-4H2;;;. The molecule has 46 valence electrons. The summed E-state index contributed by atoms with van der Waals surface area (Å²) >= 11 is 5.59. The van der Waals surface area contributed by atoms with Crippen LogP contribution in [0.3, 0.4) is 0 Å². The van der Waals surface area contributed by atoms with E-state index in [1.54, 1.807) is 0 Å². The predicted octanol–water partition coefficient (Wildman–Crippen LogP) is 0.836. The summed E-state index contributed by atoms with van der Waals surface area (Å²) in [7, 11) is 0. The zero-order valence-corrected chi connectivity index (χ0v) is 4.95. The molecule has 8 heavy (non-hydrogen) atoms. The van der Waals surface area contributed by atoms with Gasteiger partial charge in [-0.3, -0.25) is 0 Å². The molecule has 0 aromatic carbocycles. The Morgan fingerprint density at radius 1 is 1.38 bits per heavy atom. The maximum Gasteiger partial charge on any atom is 0.316 e. The van der Waals surface area contributed by atoms with E-state index in [2.05, 4.69) is 0 Å². The van der Waals surface area contributed by atoms with Gasteiger partial charge in [0, 0.05) is 6.61 Å². The fraction of sp³-hybridized carbons (Fsp3) is 1.00. The minimum Gasteiger partial charge on any atom is -0.362 e. The maximum atomic E-state index is 5.59. The van der Waals surface area contributed by atoms with Crippen molar-refractivity contribution in [3.05, 3.63) is 0 Å². The molecule has 1 atom stereocenters. The highest BCUT2D eigenvalue weighted by molar-refractivity contribution is 6.19. The molecule has 1 unspecified atom stereocenters. The molecule has 3 heteroatoms. The number of ether oxygens (including phenoxy) is 1. The first-order valence-electron chi connectivity index (χ1n) is 2.65. The van der Waals surface area contributed by atoms with E-state index in [4.69, 9.17) is 16.3 Å². The van der Waals surface area contributed by atoms with Gasteiger partial charge in [0.15, 0.2) is 0 Å². The van der Waals surface area contributed by atoms with E-state index in [0.29, 0.717) is 0 Å². The minimum absolute atomic E-state index is 0.